The van der Waals surface area contributed by atoms with Gasteiger partial charge in [-0.2, -0.15) is 0 Å². The van der Waals surface area contributed by atoms with Gasteiger partial charge in [-0.05, 0) is 70.1 Å². The third-order valence-electron chi connectivity index (χ3n) is 6.10. The van der Waals surface area contributed by atoms with E-state index in [1.54, 1.807) is 9.80 Å². The normalized spacial score (nSPS) is 43.2. The molecule has 4 aliphatic carbocycles. The van der Waals surface area contributed by atoms with Gasteiger partial charge in [0, 0.05) is 6.04 Å². The monoisotopic (exact) mass is 276 g/mol. The summed E-state index contributed by atoms with van der Waals surface area (Å²) in [5.41, 5.74) is -0.118. The van der Waals surface area contributed by atoms with Gasteiger partial charge >= 0.3 is 6.03 Å². The predicted molar refractivity (Wildman–Crippen MR) is 75.0 cm³/mol. The Morgan fingerprint density at radius 3 is 1.90 bits per heavy atom. The van der Waals surface area contributed by atoms with Crippen LogP contribution in [0.2, 0.25) is 0 Å². The van der Waals surface area contributed by atoms with Crippen LogP contribution in [0.1, 0.15) is 52.4 Å². The second kappa shape index (κ2) is 3.99. The molecule has 4 saturated carbocycles. The molecule has 20 heavy (non-hydrogen) atoms. The fourth-order valence-corrected chi connectivity index (χ4v) is 5.73. The maximum atomic E-state index is 12.7. The molecule has 0 aromatic carbocycles. The van der Waals surface area contributed by atoms with E-state index in [9.17, 15) is 9.59 Å². The molecule has 5 fully saturated rings. The molecule has 0 radical (unpaired) electrons. The van der Waals surface area contributed by atoms with Crippen molar-refractivity contribution >= 4 is 11.9 Å². The lowest BCUT2D eigenvalue weighted by Gasteiger charge is -2.58. The van der Waals surface area contributed by atoms with E-state index in [1.807, 2.05) is 13.8 Å². The highest BCUT2D eigenvalue weighted by Gasteiger charge is 2.58. The van der Waals surface area contributed by atoms with E-state index in [2.05, 4.69) is 0 Å². The first-order valence-corrected chi connectivity index (χ1v) is 8.12. The molecule has 0 N–H and O–H groups in total. The SMILES string of the molecule is CC(C)N1CC(=O)N(C23CC4CC(CC(C4)C2)C3)C1=O. The number of rotatable bonds is 2. The van der Waals surface area contributed by atoms with Crippen LogP contribution in [0, 0.1) is 17.8 Å². The number of imide groups is 1. The molecule has 0 spiro atoms. The Bertz CT molecular complexity index is 436. The summed E-state index contributed by atoms with van der Waals surface area (Å²) in [7, 11) is 0. The van der Waals surface area contributed by atoms with E-state index in [1.165, 1.54) is 19.3 Å². The Balaban J connectivity index is 1.67. The van der Waals surface area contributed by atoms with E-state index in [0.717, 1.165) is 37.0 Å². The highest BCUT2D eigenvalue weighted by atomic mass is 16.2. The van der Waals surface area contributed by atoms with Crippen molar-refractivity contribution in [3.05, 3.63) is 0 Å². The van der Waals surface area contributed by atoms with E-state index < -0.39 is 0 Å². The third kappa shape index (κ3) is 1.60. The van der Waals surface area contributed by atoms with Gasteiger partial charge in [-0.25, -0.2) is 4.79 Å². The van der Waals surface area contributed by atoms with Crippen LogP contribution in [-0.4, -0.2) is 39.9 Å². The summed E-state index contributed by atoms with van der Waals surface area (Å²) in [4.78, 5) is 28.6. The highest BCUT2D eigenvalue weighted by Crippen LogP contribution is 2.58. The Labute approximate surface area is 120 Å². The Morgan fingerprint density at radius 2 is 1.50 bits per heavy atom. The first kappa shape index (κ1) is 12.7. The average Bonchev–Trinajstić information content (AvgIpc) is 2.63. The van der Waals surface area contributed by atoms with E-state index >= 15 is 0 Å². The Morgan fingerprint density at radius 1 is 1.00 bits per heavy atom. The molecule has 0 aromatic heterocycles. The largest absolute Gasteiger partial charge is 0.327 e. The molecule has 0 aromatic rings. The first-order valence-electron chi connectivity index (χ1n) is 8.12. The van der Waals surface area contributed by atoms with Crippen LogP contribution < -0.4 is 0 Å². The minimum Gasteiger partial charge on any atom is -0.313 e. The lowest BCUT2D eigenvalue weighted by molar-refractivity contribution is -0.138. The van der Waals surface area contributed by atoms with Crippen LogP contribution in [0.15, 0.2) is 0 Å². The maximum Gasteiger partial charge on any atom is 0.327 e. The number of amides is 3. The second-order valence-electron chi connectivity index (χ2n) is 7.88. The van der Waals surface area contributed by atoms with Crippen molar-refractivity contribution < 1.29 is 9.59 Å². The van der Waals surface area contributed by atoms with E-state index in [-0.39, 0.29) is 30.1 Å². The molecule has 1 saturated heterocycles. The molecule has 4 bridgehead atoms. The fourth-order valence-electron chi connectivity index (χ4n) is 5.73. The summed E-state index contributed by atoms with van der Waals surface area (Å²) in [5, 5.41) is 0. The summed E-state index contributed by atoms with van der Waals surface area (Å²) < 4.78 is 0. The maximum absolute atomic E-state index is 12.7. The minimum absolute atomic E-state index is 0.0213. The third-order valence-corrected chi connectivity index (χ3v) is 6.10. The van der Waals surface area contributed by atoms with Gasteiger partial charge in [0.1, 0.15) is 6.54 Å². The summed E-state index contributed by atoms with van der Waals surface area (Å²) in [5.74, 6) is 2.32. The molecular weight excluding hydrogens is 252 g/mol. The van der Waals surface area contributed by atoms with Gasteiger partial charge in [-0.1, -0.05) is 0 Å². The molecule has 0 atom stereocenters. The van der Waals surface area contributed by atoms with Gasteiger partial charge in [0.15, 0.2) is 0 Å². The van der Waals surface area contributed by atoms with Crippen LogP contribution >= 0.6 is 0 Å². The summed E-state index contributed by atoms with van der Waals surface area (Å²) in [6.07, 6.45) is 7.23. The Kier molecular flexibility index (Phi) is 2.52. The smallest absolute Gasteiger partial charge is 0.313 e. The molecule has 3 amide bonds. The fraction of sp³-hybridized carbons (Fsp3) is 0.875. The lowest BCUT2D eigenvalue weighted by atomic mass is 9.52. The summed E-state index contributed by atoms with van der Waals surface area (Å²) in [6, 6.07) is 0.0947. The molecule has 4 nitrogen and oxygen atoms in total. The topological polar surface area (TPSA) is 40.6 Å². The zero-order valence-electron chi connectivity index (χ0n) is 12.5. The van der Waals surface area contributed by atoms with Crippen LogP contribution in [0.25, 0.3) is 0 Å². The molecule has 1 aliphatic heterocycles. The van der Waals surface area contributed by atoms with Crippen molar-refractivity contribution in [3.8, 4) is 0 Å². The number of hydrogen-bond acceptors (Lipinski definition) is 2. The lowest BCUT2D eigenvalue weighted by Crippen LogP contribution is -2.62. The standard InChI is InChI=1S/C16H24N2O2/c1-10(2)17-9-14(19)18(15(17)20)16-6-11-3-12(7-16)5-13(4-11)8-16/h10-13H,3-9H2,1-2H3. The quantitative estimate of drug-likeness (QED) is 0.727. The van der Waals surface area contributed by atoms with Crippen LogP contribution in [-0.2, 0) is 4.79 Å². The first-order chi connectivity index (χ1) is 9.48. The average molecular weight is 276 g/mol. The van der Waals surface area contributed by atoms with Crippen molar-refractivity contribution in [1.82, 2.24) is 9.80 Å². The number of hydrogen-bond donors (Lipinski definition) is 0. The molecule has 4 heteroatoms. The minimum atomic E-state index is -0.118. The number of nitrogens with zero attached hydrogens (tertiary/aromatic N) is 2. The number of urea groups is 1. The molecule has 1 heterocycles. The molecular formula is C16H24N2O2. The van der Waals surface area contributed by atoms with Crippen molar-refractivity contribution in [1.29, 1.82) is 0 Å². The highest BCUT2D eigenvalue weighted by molar-refractivity contribution is 6.03. The molecule has 0 unspecified atom stereocenters. The van der Waals surface area contributed by atoms with Gasteiger partial charge in [0.2, 0.25) is 0 Å². The van der Waals surface area contributed by atoms with Crippen molar-refractivity contribution in [3.63, 3.8) is 0 Å². The van der Waals surface area contributed by atoms with Crippen LogP contribution in [0.4, 0.5) is 4.79 Å². The van der Waals surface area contributed by atoms with Gasteiger partial charge in [0.05, 0.1) is 5.54 Å². The number of carbonyl (C=O) groups is 2. The number of carbonyl (C=O) groups excluding carboxylic acids is 2. The van der Waals surface area contributed by atoms with E-state index in [4.69, 9.17) is 0 Å². The molecule has 5 aliphatic rings. The van der Waals surface area contributed by atoms with Crippen LogP contribution in [0.5, 0.6) is 0 Å². The van der Waals surface area contributed by atoms with Crippen molar-refractivity contribution in [2.45, 2.75) is 64.0 Å². The van der Waals surface area contributed by atoms with Gasteiger partial charge < -0.3 is 4.90 Å². The molecule has 110 valence electrons. The zero-order chi connectivity index (χ0) is 14.1. The second-order valence-corrected chi connectivity index (χ2v) is 7.88. The predicted octanol–water partition coefficient (Wildman–Crippen LogP) is 2.63. The van der Waals surface area contributed by atoms with Crippen molar-refractivity contribution in [2.24, 2.45) is 17.8 Å². The van der Waals surface area contributed by atoms with E-state index in [0.29, 0.717) is 0 Å². The van der Waals surface area contributed by atoms with Gasteiger partial charge in [-0.3, -0.25) is 9.69 Å². The van der Waals surface area contributed by atoms with Gasteiger partial charge in [0.25, 0.3) is 5.91 Å². The summed E-state index contributed by atoms with van der Waals surface area (Å²) >= 11 is 0. The molecule has 5 rings (SSSR count). The Hall–Kier alpha value is -1.06. The van der Waals surface area contributed by atoms with Crippen molar-refractivity contribution in [2.75, 3.05) is 6.54 Å². The van der Waals surface area contributed by atoms with Gasteiger partial charge in [-0.15, -0.1) is 0 Å². The zero-order valence-corrected chi connectivity index (χ0v) is 12.5. The van der Waals surface area contributed by atoms with Crippen LogP contribution in [0.3, 0.4) is 0 Å². The summed E-state index contributed by atoms with van der Waals surface area (Å²) in [6.45, 7) is 4.28.